The summed E-state index contributed by atoms with van der Waals surface area (Å²) >= 11 is 0. The van der Waals surface area contributed by atoms with Crippen LogP contribution in [0.1, 0.15) is 36.7 Å². The molecule has 1 rings (SSSR count). The van der Waals surface area contributed by atoms with Crippen LogP contribution in [0.4, 0.5) is 0 Å². The Morgan fingerprint density at radius 1 is 1.44 bits per heavy atom. The summed E-state index contributed by atoms with van der Waals surface area (Å²) < 4.78 is 1.88. The van der Waals surface area contributed by atoms with Gasteiger partial charge in [0.25, 0.3) is 0 Å². The molecular formula is C13H22N2O. The second-order valence-corrected chi connectivity index (χ2v) is 4.37. The molecule has 0 fully saturated rings. The second kappa shape index (κ2) is 6.48. The summed E-state index contributed by atoms with van der Waals surface area (Å²) in [6.07, 6.45) is 5.54. The first-order valence-corrected chi connectivity index (χ1v) is 5.98. The monoisotopic (exact) mass is 222 g/mol. The SMILES string of the molecule is CCCCCN(C)CC(=O)c1cccn1C. The van der Waals surface area contributed by atoms with Gasteiger partial charge in [-0.3, -0.25) is 9.69 Å². The third kappa shape index (κ3) is 3.81. The highest BCUT2D eigenvalue weighted by atomic mass is 16.1. The predicted molar refractivity (Wildman–Crippen MR) is 66.8 cm³/mol. The van der Waals surface area contributed by atoms with Crippen LogP contribution in [-0.2, 0) is 7.05 Å². The van der Waals surface area contributed by atoms with Crippen LogP contribution in [0.15, 0.2) is 18.3 Å². The summed E-state index contributed by atoms with van der Waals surface area (Å²) in [4.78, 5) is 14.0. The number of nitrogens with zero attached hydrogens (tertiary/aromatic N) is 2. The van der Waals surface area contributed by atoms with Crippen molar-refractivity contribution in [1.82, 2.24) is 9.47 Å². The molecule has 0 aliphatic carbocycles. The maximum absolute atomic E-state index is 11.9. The van der Waals surface area contributed by atoms with Crippen LogP contribution in [0.2, 0.25) is 0 Å². The van der Waals surface area contributed by atoms with Gasteiger partial charge in [-0.05, 0) is 32.1 Å². The van der Waals surface area contributed by atoms with Gasteiger partial charge in [-0.1, -0.05) is 19.8 Å². The van der Waals surface area contributed by atoms with Crippen LogP contribution >= 0.6 is 0 Å². The van der Waals surface area contributed by atoms with E-state index in [9.17, 15) is 4.79 Å². The summed E-state index contributed by atoms with van der Waals surface area (Å²) in [7, 11) is 3.92. The summed E-state index contributed by atoms with van der Waals surface area (Å²) in [5.74, 6) is 0.200. The molecule has 1 heterocycles. The van der Waals surface area contributed by atoms with E-state index in [4.69, 9.17) is 0 Å². The number of aromatic nitrogens is 1. The largest absolute Gasteiger partial charge is 0.348 e. The van der Waals surface area contributed by atoms with E-state index < -0.39 is 0 Å². The van der Waals surface area contributed by atoms with Gasteiger partial charge in [0, 0.05) is 13.2 Å². The topological polar surface area (TPSA) is 25.2 Å². The van der Waals surface area contributed by atoms with Crippen LogP contribution in [0.5, 0.6) is 0 Å². The fraction of sp³-hybridized carbons (Fsp3) is 0.615. The number of carbonyl (C=O) groups is 1. The van der Waals surface area contributed by atoms with E-state index in [1.807, 2.05) is 37.0 Å². The van der Waals surface area contributed by atoms with Crippen molar-refractivity contribution in [3.05, 3.63) is 24.0 Å². The Hall–Kier alpha value is -1.09. The Kier molecular flexibility index (Phi) is 5.26. The number of carbonyl (C=O) groups excluding carboxylic acids is 1. The molecule has 0 unspecified atom stereocenters. The highest BCUT2D eigenvalue weighted by Gasteiger charge is 2.11. The molecule has 3 heteroatoms. The lowest BCUT2D eigenvalue weighted by Crippen LogP contribution is -2.27. The minimum Gasteiger partial charge on any atom is -0.348 e. The average Bonchev–Trinajstić information content (AvgIpc) is 2.65. The molecule has 0 aliphatic heterocycles. The summed E-state index contributed by atoms with van der Waals surface area (Å²) in [6, 6.07) is 3.78. The minimum atomic E-state index is 0.200. The summed E-state index contributed by atoms with van der Waals surface area (Å²) in [5, 5.41) is 0. The molecule has 0 atom stereocenters. The van der Waals surface area contributed by atoms with Gasteiger partial charge < -0.3 is 4.57 Å². The molecule has 0 aliphatic rings. The van der Waals surface area contributed by atoms with E-state index >= 15 is 0 Å². The molecule has 0 bridgehead atoms. The van der Waals surface area contributed by atoms with Crippen molar-refractivity contribution in [2.45, 2.75) is 26.2 Å². The van der Waals surface area contributed by atoms with Crippen LogP contribution in [-0.4, -0.2) is 35.4 Å². The van der Waals surface area contributed by atoms with E-state index in [0.717, 1.165) is 12.2 Å². The van der Waals surface area contributed by atoms with Gasteiger partial charge in [-0.2, -0.15) is 0 Å². The third-order valence-electron chi connectivity index (χ3n) is 2.79. The molecule has 0 N–H and O–H groups in total. The van der Waals surface area contributed by atoms with Crippen LogP contribution in [0, 0.1) is 0 Å². The van der Waals surface area contributed by atoms with Gasteiger partial charge in [0.05, 0.1) is 12.2 Å². The zero-order valence-corrected chi connectivity index (χ0v) is 10.6. The second-order valence-electron chi connectivity index (χ2n) is 4.37. The Labute approximate surface area is 98.1 Å². The molecule has 0 saturated heterocycles. The molecule has 3 nitrogen and oxygen atoms in total. The quantitative estimate of drug-likeness (QED) is 0.522. The zero-order valence-electron chi connectivity index (χ0n) is 10.6. The lowest BCUT2D eigenvalue weighted by molar-refractivity contribution is 0.0937. The van der Waals surface area contributed by atoms with E-state index in [1.54, 1.807) is 0 Å². The molecule has 0 saturated carbocycles. The Balaban J connectivity index is 2.37. The third-order valence-corrected chi connectivity index (χ3v) is 2.79. The lowest BCUT2D eigenvalue weighted by Gasteiger charge is -2.15. The first-order valence-electron chi connectivity index (χ1n) is 5.98. The van der Waals surface area contributed by atoms with Crippen LogP contribution < -0.4 is 0 Å². The number of hydrogen-bond acceptors (Lipinski definition) is 2. The van der Waals surface area contributed by atoms with Gasteiger partial charge in [-0.25, -0.2) is 0 Å². The molecule has 0 aromatic carbocycles. The van der Waals surface area contributed by atoms with Crippen molar-refractivity contribution in [2.75, 3.05) is 20.1 Å². The van der Waals surface area contributed by atoms with E-state index in [0.29, 0.717) is 6.54 Å². The van der Waals surface area contributed by atoms with Crippen molar-refractivity contribution in [1.29, 1.82) is 0 Å². The molecule has 0 spiro atoms. The number of rotatable bonds is 7. The fourth-order valence-electron chi connectivity index (χ4n) is 1.79. The predicted octanol–water partition coefficient (Wildman–Crippen LogP) is 2.33. The highest BCUT2D eigenvalue weighted by molar-refractivity contribution is 5.96. The number of ketones is 1. The smallest absolute Gasteiger partial charge is 0.193 e. The number of hydrogen-bond donors (Lipinski definition) is 0. The summed E-state index contributed by atoms with van der Waals surface area (Å²) in [5.41, 5.74) is 0.794. The highest BCUT2D eigenvalue weighted by Crippen LogP contribution is 2.03. The standard InChI is InChI=1S/C13H22N2O/c1-4-5-6-9-14(2)11-13(16)12-8-7-10-15(12)3/h7-8,10H,4-6,9,11H2,1-3H3. The van der Waals surface area contributed by atoms with Gasteiger partial charge >= 0.3 is 0 Å². The molecular weight excluding hydrogens is 200 g/mol. The van der Waals surface area contributed by atoms with Crippen molar-refractivity contribution in [3.8, 4) is 0 Å². The number of aryl methyl sites for hydroxylation is 1. The number of unbranched alkanes of at least 4 members (excludes halogenated alkanes) is 2. The van der Waals surface area contributed by atoms with E-state index in [1.165, 1.54) is 19.3 Å². The molecule has 16 heavy (non-hydrogen) atoms. The maximum Gasteiger partial charge on any atom is 0.193 e. The molecule has 90 valence electrons. The zero-order chi connectivity index (χ0) is 12.0. The van der Waals surface area contributed by atoms with Gasteiger partial charge in [0.15, 0.2) is 5.78 Å². The van der Waals surface area contributed by atoms with E-state index in [2.05, 4.69) is 11.8 Å². The van der Waals surface area contributed by atoms with Crippen molar-refractivity contribution >= 4 is 5.78 Å². The van der Waals surface area contributed by atoms with Gasteiger partial charge in [-0.15, -0.1) is 0 Å². The Morgan fingerprint density at radius 3 is 2.75 bits per heavy atom. The van der Waals surface area contributed by atoms with Gasteiger partial charge in [0.2, 0.25) is 0 Å². The lowest BCUT2D eigenvalue weighted by atomic mass is 10.2. The minimum absolute atomic E-state index is 0.200. The fourth-order valence-corrected chi connectivity index (χ4v) is 1.79. The average molecular weight is 222 g/mol. The van der Waals surface area contributed by atoms with Crippen LogP contribution in [0.25, 0.3) is 0 Å². The Morgan fingerprint density at radius 2 is 2.19 bits per heavy atom. The van der Waals surface area contributed by atoms with Crippen molar-refractivity contribution < 1.29 is 4.79 Å². The summed E-state index contributed by atoms with van der Waals surface area (Å²) in [6.45, 7) is 3.71. The molecule has 0 amide bonds. The van der Waals surface area contributed by atoms with Crippen molar-refractivity contribution in [3.63, 3.8) is 0 Å². The number of likely N-dealkylation sites (N-methyl/N-ethyl adjacent to an activating group) is 1. The van der Waals surface area contributed by atoms with Crippen molar-refractivity contribution in [2.24, 2.45) is 7.05 Å². The first kappa shape index (κ1) is 13.0. The molecule has 0 radical (unpaired) electrons. The maximum atomic E-state index is 11.9. The Bertz CT molecular complexity index is 330. The molecule has 1 aromatic rings. The first-order chi connectivity index (χ1) is 7.65. The van der Waals surface area contributed by atoms with Crippen LogP contribution in [0.3, 0.4) is 0 Å². The molecule has 1 aromatic heterocycles. The number of Topliss-reactive ketones (excluding diaryl/α,β-unsaturated/α-hetero) is 1. The normalized spacial score (nSPS) is 11.0. The van der Waals surface area contributed by atoms with E-state index in [-0.39, 0.29) is 5.78 Å². The van der Waals surface area contributed by atoms with Gasteiger partial charge in [0.1, 0.15) is 0 Å².